The summed E-state index contributed by atoms with van der Waals surface area (Å²) in [6.45, 7) is 3.42. The zero-order chi connectivity index (χ0) is 20.8. The highest BCUT2D eigenvalue weighted by Crippen LogP contribution is 2.33. The van der Waals surface area contributed by atoms with Crippen molar-refractivity contribution >= 4 is 40.3 Å². The summed E-state index contributed by atoms with van der Waals surface area (Å²) >= 11 is 0. The normalized spacial score (nSPS) is 10.3. The molecule has 9 heteroatoms. The van der Waals surface area contributed by atoms with Crippen LogP contribution in [0.15, 0.2) is 54.9 Å². The molecule has 29 heavy (non-hydrogen) atoms. The third-order valence-electron chi connectivity index (χ3n) is 4.12. The average molecular weight is 392 g/mol. The van der Waals surface area contributed by atoms with Gasteiger partial charge in [0, 0.05) is 24.0 Å². The number of nitrogens with zero attached hydrogens (tertiary/aromatic N) is 3. The summed E-state index contributed by atoms with van der Waals surface area (Å²) in [7, 11) is 0. The number of hydrogen-bond acceptors (Lipinski definition) is 7. The Morgan fingerprint density at radius 3 is 2.24 bits per heavy atom. The Bertz CT molecular complexity index is 1040. The van der Waals surface area contributed by atoms with Gasteiger partial charge in [-0.15, -0.1) is 0 Å². The van der Waals surface area contributed by atoms with Gasteiger partial charge in [0.25, 0.3) is 0 Å². The van der Waals surface area contributed by atoms with E-state index in [0.717, 1.165) is 17.7 Å². The van der Waals surface area contributed by atoms with Crippen molar-refractivity contribution < 1.29 is 9.72 Å². The molecule has 9 nitrogen and oxygen atoms in total. The standard InChI is InChI=1S/C20H20N6O3/c1-3-14-6-4-5-7-17(14)25-20-18(26(28)29)19(21-12-22-20)24-16-10-8-15(9-11-16)23-13(2)27/h4-12H,3H2,1-2H3,(H,23,27)(H2,21,22,24,25). The Labute approximate surface area is 167 Å². The molecule has 0 bridgehead atoms. The predicted molar refractivity (Wildman–Crippen MR) is 112 cm³/mol. The maximum absolute atomic E-state index is 11.8. The molecule has 0 saturated carbocycles. The van der Waals surface area contributed by atoms with Crippen LogP contribution in [0.25, 0.3) is 0 Å². The average Bonchev–Trinajstić information content (AvgIpc) is 2.69. The molecule has 3 rings (SSSR count). The van der Waals surface area contributed by atoms with Crippen molar-refractivity contribution in [3.8, 4) is 0 Å². The Morgan fingerprint density at radius 1 is 1.00 bits per heavy atom. The van der Waals surface area contributed by atoms with Crippen LogP contribution in [-0.2, 0) is 11.2 Å². The molecule has 3 N–H and O–H groups in total. The van der Waals surface area contributed by atoms with Gasteiger partial charge >= 0.3 is 5.69 Å². The summed E-state index contributed by atoms with van der Waals surface area (Å²) in [5, 5.41) is 20.4. The number of hydrogen-bond donors (Lipinski definition) is 3. The molecule has 1 aromatic heterocycles. The molecule has 1 heterocycles. The Hall–Kier alpha value is -4.01. The van der Waals surface area contributed by atoms with Gasteiger partial charge in [0.1, 0.15) is 6.33 Å². The number of carbonyl (C=O) groups excluding carboxylic acids is 1. The van der Waals surface area contributed by atoms with E-state index in [1.54, 1.807) is 24.3 Å². The van der Waals surface area contributed by atoms with Gasteiger partial charge in [-0.2, -0.15) is 0 Å². The second-order valence-corrected chi connectivity index (χ2v) is 6.20. The van der Waals surface area contributed by atoms with E-state index >= 15 is 0 Å². The lowest BCUT2D eigenvalue weighted by molar-refractivity contribution is -0.383. The molecule has 0 aliphatic rings. The number of para-hydroxylation sites is 1. The molecule has 0 spiro atoms. The number of benzene rings is 2. The molecule has 0 unspecified atom stereocenters. The molecule has 3 aromatic rings. The van der Waals surface area contributed by atoms with Gasteiger partial charge in [-0.1, -0.05) is 25.1 Å². The molecule has 148 valence electrons. The van der Waals surface area contributed by atoms with Crippen LogP contribution in [0.4, 0.5) is 34.4 Å². The van der Waals surface area contributed by atoms with E-state index in [1.807, 2.05) is 31.2 Å². The van der Waals surface area contributed by atoms with E-state index in [2.05, 4.69) is 25.9 Å². The summed E-state index contributed by atoms with van der Waals surface area (Å²) in [6.07, 6.45) is 2.03. The second-order valence-electron chi connectivity index (χ2n) is 6.20. The highest BCUT2D eigenvalue weighted by Gasteiger charge is 2.23. The topological polar surface area (TPSA) is 122 Å². The van der Waals surface area contributed by atoms with Crippen LogP contribution in [0, 0.1) is 10.1 Å². The molecular weight excluding hydrogens is 372 g/mol. The van der Waals surface area contributed by atoms with E-state index in [-0.39, 0.29) is 23.2 Å². The van der Waals surface area contributed by atoms with Crippen molar-refractivity contribution in [2.75, 3.05) is 16.0 Å². The number of nitrogens with one attached hydrogen (secondary N) is 3. The molecule has 0 saturated heterocycles. The van der Waals surface area contributed by atoms with Crippen molar-refractivity contribution in [2.24, 2.45) is 0 Å². The van der Waals surface area contributed by atoms with Crippen LogP contribution in [0.5, 0.6) is 0 Å². The van der Waals surface area contributed by atoms with Gasteiger partial charge in [-0.05, 0) is 42.3 Å². The molecule has 0 atom stereocenters. The minimum absolute atomic E-state index is 0.0637. The summed E-state index contributed by atoms with van der Waals surface area (Å²) in [6, 6.07) is 14.3. The SMILES string of the molecule is CCc1ccccc1Nc1ncnc(Nc2ccc(NC(C)=O)cc2)c1[N+](=O)[O-]. The first-order valence-corrected chi connectivity index (χ1v) is 8.97. The second kappa shape index (κ2) is 8.79. The summed E-state index contributed by atoms with van der Waals surface area (Å²) in [5.41, 5.74) is 2.72. The Balaban J connectivity index is 1.91. The fourth-order valence-electron chi connectivity index (χ4n) is 2.79. The van der Waals surface area contributed by atoms with Crippen molar-refractivity contribution in [3.05, 3.63) is 70.5 Å². The number of aryl methyl sites for hydroxylation is 1. The number of amides is 1. The first-order chi connectivity index (χ1) is 14.0. The molecule has 2 aromatic carbocycles. The zero-order valence-electron chi connectivity index (χ0n) is 16.0. The van der Waals surface area contributed by atoms with E-state index in [9.17, 15) is 14.9 Å². The lowest BCUT2D eigenvalue weighted by atomic mass is 10.1. The summed E-state index contributed by atoms with van der Waals surface area (Å²) in [5.74, 6) is -0.0164. The summed E-state index contributed by atoms with van der Waals surface area (Å²) in [4.78, 5) is 30.4. The third kappa shape index (κ3) is 4.83. The number of rotatable bonds is 7. The van der Waals surface area contributed by atoms with Crippen LogP contribution in [0.2, 0.25) is 0 Å². The lowest BCUT2D eigenvalue weighted by Gasteiger charge is -2.12. The van der Waals surface area contributed by atoms with E-state index in [1.165, 1.54) is 13.3 Å². The highest BCUT2D eigenvalue weighted by molar-refractivity contribution is 5.89. The van der Waals surface area contributed by atoms with Crippen LogP contribution in [0.3, 0.4) is 0 Å². The van der Waals surface area contributed by atoms with Crippen LogP contribution in [-0.4, -0.2) is 20.8 Å². The Morgan fingerprint density at radius 2 is 1.62 bits per heavy atom. The van der Waals surface area contributed by atoms with Crippen molar-refractivity contribution in [1.29, 1.82) is 0 Å². The maximum Gasteiger partial charge on any atom is 0.353 e. The van der Waals surface area contributed by atoms with Gasteiger partial charge < -0.3 is 16.0 Å². The van der Waals surface area contributed by atoms with Gasteiger partial charge in [0.15, 0.2) is 0 Å². The van der Waals surface area contributed by atoms with Crippen LogP contribution >= 0.6 is 0 Å². The fourth-order valence-corrected chi connectivity index (χ4v) is 2.79. The molecule has 0 radical (unpaired) electrons. The number of nitro groups is 1. The molecule has 0 aliphatic carbocycles. The van der Waals surface area contributed by atoms with Crippen molar-refractivity contribution in [3.63, 3.8) is 0 Å². The van der Waals surface area contributed by atoms with E-state index < -0.39 is 4.92 Å². The monoisotopic (exact) mass is 392 g/mol. The number of aromatic nitrogens is 2. The van der Waals surface area contributed by atoms with Crippen molar-refractivity contribution in [1.82, 2.24) is 9.97 Å². The minimum atomic E-state index is -0.523. The minimum Gasteiger partial charge on any atom is -0.334 e. The van der Waals surface area contributed by atoms with Gasteiger partial charge in [-0.3, -0.25) is 14.9 Å². The van der Waals surface area contributed by atoms with E-state index in [0.29, 0.717) is 11.4 Å². The first kappa shape index (κ1) is 19.7. The van der Waals surface area contributed by atoms with E-state index in [4.69, 9.17) is 0 Å². The molecular formula is C20H20N6O3. The number of carbonyl (C=O) groups is 1. The van der Waals surface area contributed by atoms with Crippen LogP contribution in [0.1, 0.15) is 19.4 Å². The Kier molecular flexibility index (Phi) is 5.98. The smallest absolute Gasteiger partial charge is 0.334 e. The molecule has 0 aliphatic heterocycles. The zero-order valence-corrected chi connectivity index (χ0v) is 16.0. The maximum atomic E-state index is 11.8. The molecule has 0 fully saturated rings. The fraction of sp³-hybridized carbons (Fsp3) is 0.150. The highest BCUT2D eigenvalue weighted by atomic mass is 16.6. The van der Waals surface area contributed by atoms with Crippen LogP contribution < -0.4 is 16.0 Å². The van der Waals surface area contributed by atoms with Gasteiger partial charge in [-0.25, -0.2) is 9.97 Å². The summed E-state index contributed by atoms with van der Waals surface area (Å²) < 4.78 is 0. The van der Waals surface area contributed by atoms with Gasteiger partial charge in [0.05, 0.1) is 4.92 Å². The third-order valence-corrected chi connectivity index (χ3v) is 4.12. The predicted octanol–water partition coefficient (Wildman–Crippen LogP) is 4.39. The first-order valence-electron chi connectivity index (χ1n) is 8.97. The number of anilines is 5. The lowest BCUT2D eigenvalue weighted by Crippen LogP contribution is -2.07. The quantitative estimate of drug-likeness (QED) is 0.402. The van der Waals surface area contributed by atoms with Gasteiger partial charge in [0.2, 0.25) is 17.5 Å². The molecule has 1 amide bonds. The van der Waals surface area contributed by atoms with Crippen molar-refractivity contribution in [2.45, 2.75) is 20.3 Å². The largest absolute Gasteiger partial charge is 0.353 e.